The zero-order valence-electron chi connectivity index (χ0n) is 14.8. The summed E-state index contributed by atoms with van der Waals surface area (Å²) in [5.41, 5.74) is 3.32. The van der Waals surface area contributed by atoms with Crippen LogP contribution < -0.4 is 15.6 Å². The molecule has 0 fully saturated rings. The normalized spacial score (nSPS) is 11.0. The van der Waals surface area contributed by atoms with Crippen LogP contribution >= 0.6 is 0 Å². The van der Waals surface area contributed by atoms with Gasteiger partial charge < -0.3 is 9.15 Å². The molecule has 0 bridgehead atoms. The molecule has 0 unspecified atom stereocenters. The first-order chi connectivity index (χ1) is 13.8. The third-order valence-corrected chi connectivity index (χ3v) is 3.77. The second-order valence-electron chi connectivity index (χ2n) is 5.85. The van der Waals surface area contributed by atoms with Crippen LogP contribution in [0.25, 0.3) is 0 Å². The minimum Gasteiger partial charge on any atom is -0.486 e. The molecule has 9 heteroatoms. The number of hydrogen-bond acceptors (Lipinski definition) is 4. The van der Waals surface area contributed by atoms with Crippen molar-refractivity contribution < 1.29 is 31.9 Å². The summed E-state index contributed by atoms with van der Waals surface area (Å²) in [6.07, 6.45) is -4.50. The molecule has 0 spiro atoms. The van der Waals surface area contributed by atoms with Crippen molar-refractivity contribution in [2.75, 3.05) is 0 Å². The summed E-state index contributed by atoms with van der Waals surface area (Å²) in [4.78, 5) is 24.0. The molecule has 0 saturated heterocycles. The van der Waals surface area contributed by atoms with Gasteiger partial charge in [-0.2, -0.15) is 13.2 Å². The van der Waals surface area contributed by atoms with E-state index in [9.17, 15) is 22.8 Å². The van der Waals surface area contributed by atoms with Crippen LogP contribution in [0.3, 0.4) is 0 Å². The topological polar surface area (TPSA) is 80.6 Å². The first-order valence-corrected chi connectivity index (χ1v) is 8.37. The lowest BCUT2D eigenvalue weighted by atomic mass is 10.1. The lowest BCUT2D eigenvalue weighted by Crippen LogP contribution is -2.41. The van der Waals surface area contributed by atoms with Crippen LogP contribution in [0.5, 0.6) is 5.75 Å². The Morgan fingerprint density at radius 2 is 1.52 bits per heavy atom. The van der Waals surface area contributed by atoms with Crippen molar-refractivity contribution >= 4 is 11.8 Å². The molecule has 3 aromatic rings. The number of benzene rings is 2. The second kappa shape index (κ2) is 8.51. The fraction of sp³-hybridized carbons (Fsp3) is 0.100. The number of carbonyl (C=O) groups excluding carboxylic acids is 2. The molecule has 2 N–H and O–H groups in total. The predicted molar refractivity (Wildman–Crippen MR) is 95.9 cm³/mol. The van der Waals surface area contributed by atoms with E-state index >= 15 is 0 Å². The van der Waals surface area contributed by atoms with Gasteiger partial charge in [0.05, 0.1) is 5.56 Å². The van der Waals surface area contributed by atoms with Crippen LogP contribution in [-0.2, 0) is 12.8 Å². The van der Waals surface area contributed by atoms with Crippen molar-refractivity contribution in [1.82, 2.24) is 10.9 Å². The molecule has 150 valence electrons. The van der Waals surface area contributed by atoms with Gasteiger partial charge in [0.1, 0.15) is 18.1 Å². The summed E-state index contributed by atoms with van der Waals surface area (Å²) in [6.45, 7) is 0.106. The highest BCUT2D eigenvalue weighted by Gasteiger charge is 2.30. The summed E-state index contributed by atoms with van der Waals surface area (Å²) >= 11 is 0. The molecule has 0 aliphatic heterocycles. The Balaban J connectivity index is 1.51. The SMILES string of the molecule is O=C(NNC(=O)c1ccc(COc2ccccc2)o1)c1ccc(C(F)(F)F)cc1. The van der Waals surface area contributed by atoms with Gasteiger partial charge >= 0.3 is 12.1 Å². The highest BCUT2D eigenvalue weighted by atomic mass is 19.4. The average molecular weight is 404 g/mol. The van der Waals surface area contributed by atoms with E-state index in [-0.39, 0.29) is 17.9 Å². The zero-order chi connectivity index (χ0) is 20.9. The molecule has 0 radical (unpaired) electrons. The van der Waals surface area contributed by atoms with Gasteiger partial charge in [-0.1, -0.05) is 18.2 Å². The quantitative estimate of drug-likeness (QED) is 0.631. The minimum absolute atomic E-state index is 0.0466. The number of nitrogens with one attached hydrogen (secondary N) is 2. The maximum absolute atomic E-state index is 12.5. The Bertz CT molecular complexity index is 983. The standard InChI is InChI=1S/C20H15F3N2O4/c21-20(22,23)14-8-6-13(7-9-14)18(26)24-25-19(27)17-11-10-16(29-17)12-28-15-4-2-1-3-5-15/h1-11H,12H2,(H,24,26)(H,25,27). The van der Waals surface area contributed by atoms with E-state index in [1.165, 1.54) is 6.07 Å². The Morgan fingerprint density at radius 1 is 0.862 bits per heavy atom. The van der Waals surface area contributed by atoms with Crippen molar-refractivity contribution in [2.24, 2.45) is 0 Å². The molecule has 1 heterocycles. The number of halogens is 3. The first kappa shape index (κ1) is 20.0. The number of amides is 2. The van der Waals surface area contributed by atoms with E-state index in [0.717, 1.165) is 24.3 Å². The van der Waals surface area contributed by atoms with Crippen molar-refractivity contribution in [3.8, 4) is 5.75 Å². The number of carbonyl (C=O) groups is 2. The van der Waals surface area contributed by atoms with Gasteiger partial charge in [-0.15, -0.1) is 0 Å². The van der Waals surface area contributed by atoms with Crippen LogP contribution in [-0.4, -0.2) is 11.8 Å². The third-order valence-electron chi connectivity index (χ3n) is 3.77. The van der Waals surface area contributed by atoms with Gasteiger partial charge in [0.15, 0.2) is 5.76 Å². The monoisotopic (exact) mass is 404 g/mol. The molecule has 0 aliphatic carbocycles. The first-order valence-electron chi connectivity index (χ1n) is 8.37. The van der Waals surface area contributed by atoms with E-state index in [1.54, 1.807) is 18.2 Å². The second-order valence-corrected chi connectivity index (χ2v) is 5.85. The van der Waals surface area contributed by atoms with Gasteiger partial charge in [-0.05, 0) is 48.5 Å². The van der Waals surface area contributed by atoms with Crippen molar-refractivity contribution in [3.05, 3.63) is 89.4 Å². The van der Waals surface area contributed by atoms with Gasteiger partial charge in [0, 0.05) is 5.56 Å². The molecule has 3 rings (SSSR count). The number of furan rings is 1. The lowest BCUT2D eigenvalue weighted by molar-refractivity contribution is -0.137. The molecule has 0 saturated carbocycles. The van der Waals surface area contributed by atoms with Gasteiger partial charge in [-0.3, -0.25) is 20.4 Å². The molecule has 0 aliphatic rings. The fourth-order valence-corrected chi connectivity index (χ4v) is 2.31. The number of hydrazine groups is 1. The highest BCUT2D eigenvalue weighted by molar-refractivity contribution is 5.97. The summed E-state index contributed by atoms with van der Waals surface area (Å²) in [5, 5.41) is 0. The number of hydrogen-bond donors (Lipinski definition) is 2. The number of alkyl halides is 3. The van der Waals surface area contributed by atoms with Crippen LogP contribution in [0.1, 0.15) is 32.2 Å². The average Bonchev–Trinajstić information content (AvgIpc) is 3.19. The maximum Gasteiger partial charge on any atom is 0.416 e. The minimum atomic E-state index is -4.50. The maximum atomic E-state index is 12.5. The van der Waals surface area contributed by atoms with E-state index in [0.29, 0.717) is 11.5 Å². The molecule has 2 aromatic carbocycles. The molecular formula is C20H15F3N2O4. The molecular weight excluding hydrogens is 389 g/mol. The van der Waals surface area contributed by atoms with Crippen LogP contribution in [0, 0.1) is 0 Å². The number of para-hydroxylation sites is 1. The van der Waals surface area contributed by atoms with Crippen LogP contribution in [0.2, 0.25) is 0 Å². The number of rotatable bonds is 5. The summed E-state index contributed by atoms with van der Waals surface area (Å²) in [7, 11) is 0. The molecule has 6 nitrogen and oxygen atoms in total. The van der Waals surface area contributed by atoms with E-state index < -0.39 is 23.6 Å². The van der Waals surface area contributed by atoms with Crippen molar-refractivity contribution in [3.63, 3.8) is 0 Å². The molecule has 29 heavy (non-hydrogen) atoms. The van der Waals surface area contributed by atoms with E-state index in [4.69, 9.17) is 9.15 Å². The molecule has 0 atom stereocenters. The Hall–Kier alpha value is -3.75. The lowest BCUT2D eigenvalue weighted by Gasteiger charge is -2.08. The van der Waals surface area contributed by atoms with Gasteiger partial charge in [0.25, 0.3) is 5.91 Å². The Labute approximate surface area is 163 Å². The summed E-state index contributed by atoms with van der Waals surface area (Å²) in [6, 6.07) is 15.6. The van der Waals surface area contributed by atoms with Crippen molar-refractivity contribution in [1.29, 1.82) is 0 Å². The smallest absolute Gasteiger partial charge is 0.416 e. The fourth-order valence-electron chi connectivity index (χ4n) is 2.31. The van der Waals surface area contributed by atoms with Crippen LogP contribution in [0.4, 0.5) is 13.2 Å². The van der Waals surface area contributed by atoms with E-state index in [1.807, 2.05) is 18.2 Å². The molecule has 1 aromatic heterocycles. The highest BCUT2D eigenvalue weighted by Crippen LogP contribution is 2.29. The van der Waals surface area contributed by atoms with Gasteiger partial charge in [0.2, 0.25) is 0 Å². The van der Waals surface area contributed by atoms with Crippen molar-refractivity contribution in [2.45, 2.75) is 12.8 Å². The summed E-state index contributed by atoms with van der Waals surface area (Å²) in [5.74, 6) is -0.529. The van der Waals surface area contributed by atoms with Crippen LogP contribution in [0.15, 0.2) is 71.1 Å². The number of ether oxygens (including phenoxy) is 1. The Morgan fingerprint density at radius 3 is 2.17 bits per heavy atom. The largest absolute Gasteiger partial charge is 0.486 e. The summed E-state index contributed by atoms with van der Waals surface area (Å²) < 4.78 is 48.5. The van der Waals surface area contributed by atoms with E-state index in [2.05, 4.69) is 10.9 Å². The molecule has 2 amide bonds. The Kier molecular flexibility index (Phi) is 5.87. The van der Waals surface area contributed by atoms with Gasteiger partial charge in [-0.25, -0.2) is 0 Å². The zero-order valence-corrected chi connectivity index (χ0v) is 14.8. The third kappa shape index (κ3) is 5.38. The predicted octanol–water partition coefficient (Wildman–Crippen LogP) is 3.95.